The molecular formula is C25H25F3N2O2. The summed E-state index contributed by atoms with van der Waals surface area (Å²) < 4.78 is 44.3. The van der Waals surface area contributed by atoms with E-state index < -0.39 is 11.7 Å². The van der Waals surface area contributed by atoms with Gasteiger partial charge in [-0.25, -0.2) is 0 Å². The number of anilines is 1. The number of hydrogen-bond donors (Lipinski definition) is 2. The van der Waals surface area contributed by atoms with Crippen LogP contribution in [0.1, 0.15) is 49.7 Å². The van der Waals surface area contributed by atoms with Crippen LogP contribution in [0.4, 0.5) is 18.9 Å². The number of amides is 1. The molecule has 0 aliphatic heterocycles. The van der Waals surface area contributed by atoms with Gasteiger partial charge in [-0.2, -0.15) is 13.2 Å². The molecule has 0 atom stereocenters. The summed E-state index contributed by atoms with van der Waals surface area (Å²) in [5.41, 5.74) is 1.97. The van der Waals surface area contributed by atoms with Crippen LogP contribution in [0.15, 0.2) is 48.7 Å². The van der Waals surface area contributed by atoms with Crippen molar-refractivity contribution < 1.29 is 22.7 Å². The van der Waals surface area contributed by atoms with Gasteiger partial charge in [0.1, 0.15) is 5.75 Å². The number of hydrogen-bond acceptors (Lipinski definition) is 2. The van der Waals surface area contributed by atoms with E-state index >= 15 is 0 Å². The molecule has 2 N–H and O–H groups in total. The topological polar surface area (TPSA) is 54.1 Å². The van der Waals surface area contributed by atoms with Crippen molar-refractivity contribution in [2.75, 3.05) is 5.32 Å². The second-order valence-corrected chi connectivity index (χ2v) is 9.20. The third-order valence-electron chi connectivity index (χ3n) is 6.76. The average molecular weight is 442 g/mol. The number of rotatable bonds is 5. The average Bonchev–Trinajstić information content (AvgIpc) is 3.09. The van der Waals surface area contributed by atoms with E-state index in [1.165, 1.54) is 0 Å². The fourth-order valence-corrected chi connectivity index (χ4v) is 4.70. The molecular weight excluding hydrogens is 417 g/mol. The van der Waals surface area contributed by atoms with Gasteiger partial charge in [0.05, 0.1) is 17.4 Å². The van der Waals surface area contributed by atoms with E-state index in [0.29, 0.717) is 5.92 Å². The molecule has 2 saturated carbocycles. The lowest BCUT2D eigenvalue weighted by Crippen LogP contribution is -2.33. The first-order chi connectivity index (χ1) is 15.3. The van der Waals surface area contributed by atoms with Crippen LogP contribution in [0, 0.1) is 11.8 Å². The SMILES string of the molecule is CC1CC(C(=O)Nc2c[nH]c3ccc(OC4CC(c5ccc(C(F)(F)F)cc5)C4)cc23)C1. The normalized spacial score (nSPS) is 25.1. The maximum Gasteiger partial charge on any atom is 0.416 e. The number of aromatic amines is 1. The van der Waals surface area contributed by atoms with Crippen LogP contribution < -0.4 is 10.1 Å². The van der Waals surface area contributed by atoms with Crippen molar-refractivity contribution in [1.82, 2.24) is 4.98 Å². The summed E-state index contributed by atoms with van der Waals surface area (Å²) in [5, 5.41) is 3.94. The Morgan fingerprint density at radius 1 is 1.06 bits per heavy atom. The van der Waals surface area contributed by atoms with Crippen molar-refractivity contribution in [2.24, 2.45) is 11.8 Å². The molecule has 2 fully saturated rings. The van der Waals surface area contributed by atoms with E-state index in [1.54, 1.807) is 18.3 Å². The molecule has 0 radical (unpaired) electrons. The minimum Gasteiger partial charge on any atom is -0.490 e. The van der Waals surface area contributed by atoms with Gasteiger partial charge in [0, 0.05) is 23.0 Å². The van der Waals surface area contributed by atoms with Gasteiger partial charge < -0.3 is 15.0 Å². The summed E-state index contributed by atoms with van der Waals surface area (Å²) in [6.45, 7) is 2.15. The number of carbonyl (C=O) groups excluding carboxylic acids is 1. The molecule has 0 spiro atoms. The van der Waals surface area contributed by atoms with E-state index in [9.17, 15) is 18.0 Å². The van der Waals surface area contributed by atoms with Crippen molar-refractivity contribution in [3.05, 3.63) is 59.8 Å². The van der Waals surface area contributed by atoms with Gasteiger partial charge in [0.25, 0.3) is 0 Å². The van der Waals surface area contributed by atoms with Crippen LogP contribution in [0.3, 0.4) is 0 Å². The maximum absolute atomic E-state index is 12.7. The van der Waals surface area contributed by atoms with Crippen LogP contribution in [0.25, 0.3) is 10.9 Å². The molecule has 32 heavy (non-hydrogen) atoms. The number of benzene rings is 2. The minimum absolute atomic E-state index is 0.0215. The third-order valence-corrected chi connectivity index (χ3v) is 6.76. The van der Waals surface area contributed by atoms with E-state index in [-0.39, 0.29) is 23.8 Å². The van der Waals surface area contributed by atoms with Gasteiger partial charge in [-0.1, -0.05) is 19.1 Å². The van der Waals surface area contributed by atoms with Gasteiger partial charge in [-0.15, -0.1) is 0 Å². The Morgan fingerprint density at radius 3 is 2.44 bits per heavy atom. The Labute approximate surface area is 184 Å². The lowest BCUT2D eigenvalue weighted by Gasteiger charge is -2.36. The van der Waals surface area contributed by atoms with Crippen LogP contribution in [0.5, 0.6) is 5.75 Å². The van der Waals surface area contributed by atoms with E-state index in [2.05, 4.69) is 17.2 Å². The first-order valence-corrected chi connectivity index (χ1v) is 11.0. The number of nitrogens with one attached hydrogen (secondary N) is 2. The number of carbonyl (C=O) groups is 1. The van der Waals surface area contributed by atoms with E-state index in [1.807, 2.05) is 18.2 Å². The Morgan fingerprint density at radius 2 is 1.78 bits per heavy atom. The summed E-state index contributed by atoms with van der Waals surface area (Å²) in [7, 11) is 0. The highest BCUT2D eigenvalue weighted by atomic mass is 19.4. The Kier molecular flexibility index (Phi) is 5.14. The minimum atomic E-state index is -4.31. The molecule has 3 aromatic rings. The Hall–Kier alpha value is -2.96. The Bertz CT molecular complexity index is 1120. The van der Waals surface area contributed by atoms with Gasteiger partial charge in [0.2, 0.25) is 5.91 Å². The molecule has 5 rings (SSSR count). The number of ether oxygens (including phenoxy) is 1. The van der Waals surface area contributed by atoms with Gasteiger partial charge >= 0.3 is 6.18 Å². The van der Waals surface area contributed by atoms with Crippen molar-refractivity contribution in [1.29, 1.82) is 0 Å². The highest BCUT2D eigenvalue weighted by Crippen LogP contribution is 2.41. The summed E-state index contributed by atoms with van der Waals surface area (Å²) >= 11 is 0. The largest absolute Gasteiger partial charge is 0.490 e. The van der Waals surface area contributed by atoms with Crippen molar-refractivity contribution in [2.45, 2.75) is 50.8 Å². The lowest BCUT2D eigenvalue weighted by atomic mass is 9.75. The second kappa shape index (κ2) is 7.87. The number of fused-ring (bicyclic) bond motifs is 1. The van der Waals surface area contributed by atoms with Crippen molar-refractivity contribution in [3.8, 4) is 5.75 Å². The zero-order valence-electron chi connectivity index (χ0n) is 17.7. The lowest BCUT2D eigenvalue weighted by molar-refractivity contribution is -0.137. The highest BCUT2D eigenvalue weighted by molar-refractivity contribution is 6.03. The van der Waals surface area contributed by atoms with Crippen molar-refractivity contribution >= 4 is 22.5 Å². The number of alkyl halides is 3. The molecule has 7 heteroatoms. The van der Waals surface area contributed by atoms with E-state index in [4.69, 9.17) is 4.74 Å². The number of aromatic nitrogens is 1. The summed E-state index contributed by atoms with van der Waals surface area (Å²) in [5.74, 6) is 1.70. The quantitative estimate of drug-likeness (QED) is 0.474. The smallest absolute Gasteiger partial charge is 0.416 e. The summed E-state index contributed by atoms with van der Waals surface area (Å²) in [6.07, 6.45) is 0.913. The molecule has 4 nitrogen and oxygen atoms in total. The summed E-state index contributed by atoms with van der Waals surface area (Å²) in [4.78, 5) is 15.6. The standard InChI is InChI=1S/C25H25F3N2O2/c1-14-8-17(9-14)24(31)30-23-13-29-22-7-6-19(12-21(22)23)32-20-10-16(11-20)15-2-4-18(5-3-15)25(26,27)28/h2-7,12-14,16-17,20,29H,8-11H2,1H3,(H,30,31). The van der Waals surface area contributed by atoms with Gasteiger partial charge in [0.15, 0.2) is 0 Å². The fraction of sp³-hybridized carbons (Fsp3) is 0.400. The fourth-order valence-electron chi connectivity index (χ4n) is 4.70. The molecule has 1 heterocycles. The second-order valence-electron chi connectivity index (χ2n) is 9.20. The molecule has 2 aliphatic rings. The zero-order chi connectivity index (χ0) is 22.5. The number of halogens is 3. The predicted octanol–water partition coefficient (Wildman–Crippen LogP) is 6.50. The molecule has 2 aromatic carbocycles. The molecule has 2 aliphatic carbocycles. The molecule has 168 valence electrons. The summed E-state index contributed by atoms with van der Waals surface area (Å²) in [6, 6.07) is 11.2. The first kappa shape index (κ1) is 20.9. The molecule has 0 unspecified atom stereocenters. The van der Waals surface area contributed by atoms with Crippen LogP contribution in [-0.2, 0) is 11.0 Å². The molecule has 1 aromatic heterocycles. The molecule has 0 bridgehead atoms. The van der Waals surface area contributed by atoms with E-state index in [0.717, 1.165) is 65.7 Å². The first-order valence-electron chi connectivity index (χ1n) is 11.0. The molecule has 0 saturated heterocycles. The van der Waals surface area contributed by atoms with Gasteiger partial charge in [-0.05, 0) is 73.4 Å². The number of H-pyrrole nitrogens is 1. The van der Waals surface area contributed by atoms with Crippen LogP contribution in [-0.4, -0.2) is 17.0 Å². The van der Waals surface area contributed by atoms with Crippen molar-refractivity contribution in [3.63, 3.8) is 0 Å². The Balaban J connectivity index is 1.20. The highest BCUT2D eigenvalue weighted by Gasteiger charge is 2.34. The maximum atomic E-state index is 12.7. The predicted molar refractivity (Wildman–Crippen MR) is 117 cm³/mol. The molecule has 1 amide bonds. The zero-order valence-corrected chi connectivity index (χ0v) is 17.7. The monoisotopic (exact) mass is 442 g/mol. The third kappa shape index (κ3) is 4.08. The van der Waals surface area contributed by atoms with Crippen LogP contribution >= 0.6 is 0 Å². The van der Waals surface area contributed by atoms with Gasteiger partial charge in [-0.3, -0.25) is 4.79 Å². The van der Waals surface area contributed by atoms with Crippen LogP contribution in [0.2, 0.25) is 0 Å².